The van der Waals surface area contributed by atoms with Crippen LogP contribution in [0.15, 0.2) is 0 Å². The number of hydrogen-bond donors (Lipinski definition) is 3. The van der Waals surface area contributed by atoms with Crippen molar-refractivity contribution in [3.05, 3.63) is 0 Å². The molecule has 0 spiro atoms. The molecule has 6 nitrogen and oxygen atoms in total. The number of aliphatic carboxylic acids is 2. The zero-order valence-electron chi connectivity index (χ0n) is 11.7. The molecule has 0 aromatic rings. The maximum atomic E-state index is 11.3. The van der Waals surface area contributed by atoms with Crippen LogP contribution < -0.4 is 5.32 Å². The first-order valence-electron chi connectivity index (χ1n) is 6.51. The number of carbonyl (C=O) groups is 3. The van der Waals surface area contributed by atoms with Gasteiger partial charge in [0.15, 0.2) is 0 Å². The maximum absolute atomic E-state index is 11.3. The molecule has 3 N–H and O–H groups in total. The smallest absolute Gasteiger partial charge is 0.341 e. The highest BCUT2D eigenvalue weighted by Gasteiger charge is 2.48. The Balaban J connectivity index is 4.88. The van der Waals surface area contributed by atoms with Gasteiger partial charge in [0, 0.05) is 6.92 Å². The van der Waals surface area contributed by atoms with Crippen LogP contribution in [0.1, 0.15) is 52.9 Å². The van der Waals surface area contributed by atoms with Gasteiger partial charge < -0.3 is 15.5 Å². The van der Waals surface area contributed by atoms with Gasteiger partial charge in [0.2, 0.25) is 11.4 Å². The largest absolute Gasteiger partial charge is 0.479 e. The predicted molar refractivity (Wildman–Crippen MR) is 69.7 cm³/mol. The fourth-order valence-electron chi connectivity index (χ4n) is 2.09. The molecule has 0 rings (SSSR count). The fourth-order valence-corrected chi connectivity index (χ4v) is 2.09. The first-order valence-corrected chi connectivity index (χ1v) is 6.51. The van der Waals surface area contributed by atoms with Gasteiger partial charge in [-0.1, -0.05) is 39.5 Å². The lowest BCUT2D eigenvalue weighted by atomic mass is 9.85. The lowest BCUT2D eigenvalue weighted by Gasteiger charge is -2.28. The van der Waals surface area contributed by atoms with E-state index in [4.69, 9.17) is 10.2 Å². The Morgan fingerprint density at radius 1 is 1.16 bits per heavy atom. The van der Waals surface area contributed by atoms with Gasteiger partial charge in [-0.2, -0.15) is 0 Å². The molecule has 0 aliphatic carbocycles. The number of carboxylic acids is 2. The molecule has 0 aliphatic heterocycles. The summed E-state index contributed by atoms with van der Waals surface area (Å²) in [4.78, 5) is 33.6. The second-order valence-electron chi connectivity index (χ2n) is 5.00. The summed E-state index contributed by atoms with van der Waals surface area (Å²) in [5, 5.41) is 20.4. The van der Waals surface area contributed by atoms with Crippen LogP contribution in [0.3, 0.4) is 0 Å². The van der Waals surface area contributed by atoms with Gasteiger partial charge in [0.25, 0.3) is 0 Å². The van der Waals surface area contributed by atoms with Crippen molar-refractivity contribution < 1.29 is 24.6 Å². The van der Waals surface area contributed by atoms with Crippen LogP contribution in [-0.4, -0.2) is 33.6 Å². The highest BCUT2D eigenvalue weighted by Crippen LogP contribution is 2.23. The number of carboxylic acid groups (broad SMARTS) is 2. The van der Waals surface area contributed by atoms with E-state index in [0.29, 0.717) is 0 Å². The summed E-state index contributed by atoms with van der Waals surface area (Å²) in [6, 6.07) is 0. The molecule has 1 atom stereocenters. The molecule has 110 valence electrons. The third-order valence-electron chi connectivity index (χ3n) is 3.07. The summed E-state index contributed by atoms with van der Waals surface area (Å²) in [6.07, 6.45) is 3.63. The number of hydrogen-bond acceptors (Lipinski definition) is 3. The van der Waals surface area contributed by atoms with Crippen molar-refractivity contribution >= 4 is 17.8 Å². The molecule has 0 radical (unpaired) electrons. The van der Waals surface area contributed by atoms with Gasteiger partial charge in [-0.25, -0.2) is 9.59 Å². The Morgan fingerprint density at radius 2 is 1.68 bits per heavy atom. The van der Waals surface area contributed by atoms with E-state index in [2.05, 4.69) is 12.2 Å². The molecule has 0 saturated heterocycles. The van der Waals surface area contributed by atoms with E-state index in [0.717, 1.165) is 32.6 Å². The van der Waals surface area contributed by atoms with Crippen molar-refractivity contribution in [3.8, 4) is 0 Å². The molecule has 0 heterocycles. The van der Waals surface area contributed by atoms with Crippen molar-refractivity contribution in [1.29, 1.82) is 0 Å². The molecule has 1 unspecified atom stereocenters. The van der Waals surface area contributed by atoms with Gasteiger partial charge in [0.05, 0.1) is 0 Å². The average molecular weight is 273 g/mol. The molecule has 0 aliphatic rings. The summed E-state index contributed by atoms with van der Waals surface area (Å²) >= 11 is 0. The third-order valence-corrected chi connectivity index (χ3v) is 3.07. The van der Waals surface area contributed by atoms with Gasteiger partial charge in [-0.05, 0) is 12.3 Å². The lowest BCUT2D eigenvalue weighted by molar-refractivity contribution is -0.162. The summed E-state index contributed by atoms with van der Waals surface area (Å²) in [5.74, 6) is -3.81. The molecular formula is C13H23NO5. The number of carbonyl (C=O) groups excluding carboxylic acids is 1. The Bertz CT molecular complexity index is 326. The Morgan fingerprint density at radius 3 is 2.05 bits per heavy atom. The summed E-state index contributed by atoms with van der Waals surface area (Å²) < 4.78 is 0. The maximum Gasteiger partial charge on any atom is 0.341 e. The zero-order valence-corrected chi connectivity index (χ0v) is 11.7. The molecule has 0 aromatic heterocycles. The molecule has 19 heavy (non-hydrogen) atoms. The second kappa shape index (κ2) is 7.76. The van der Waals surface area contributed by atoms with Crippen molar-refractivity contribution in [3.63, 3.8) is 0 Å². The van der Waals surface area contributed by atoms with E-state index in [1.165, 1.54) is 0 Å². The van der Waals surface area contributed by atoms with Crippen molar-refractivity contribution in [2.24, 2.45) is 5.92 Å². The number of amides is 1. The van der Waals surface area contributed by atoms with Crippen LogP contribution in [0.4, 0.5) is 0 Å². The number of nitrogens with one attached hydrogen (secondary N) is 1. The minimum absolute atomic E-state index is 0.0920. The number of rotatable bonds is 9. The minimum Gasteiger partial charge on any atom is -0.479 e. The summed E-state index contributed by atoms with van der Waals surface area (Å²) in [5.41, 5.74) is -2.22. The standard InChI is InChI=1S/C13H23NO5/c1-4-5-6-7-9(2)8-13(11(16)17,12(18)19)14-10(3)15/h9H,4-8H2,1-3H3,(H,14,15)(H,16,17)(H,18,19). The molecular weight excluding hydrogens is 250 g/mol. The average Bonchev–Trinajstić information content (AvgIpc) is 2.27. The molecule has 6 heteroatoms. The van der Waals surface area contributed by atoms with E-state index in [-0.39, 0.29) is 12.3 Å². The van der Waals surface area contributed by atoms with Crippen LogP contribution in [0.25, 0.3) is 0 Å². The Labute approximate surface area is 113 Å². The van der Waals surface area contributed by atoms with Crippen LogP contribution in [0, 0.1) is 5.92 Å². The third kappa shape index (κ3) is 5.28. The molecule has 0 saturated carbocycles. The number of unbranched alkanes of at least 4 members (excludes halogenated alkanes) is 2. The van der Waals surface area contributed by atoms with E-state index in [1.54, 1.807) is 6.92 Å². The van der Waals surface area contributed by atoms with Crippen LogP contribution in [-0.2, 0) is 14.4 Å². The van der Waals surface area contributed by atoms with Crippen LogP contribution >= 0.6 is 0 Å². The highest BCUT2D eigenvalue weighted by atomic mass is 16.4. The van der Waals surface area contributed by atoms with Gasteiger partial charge >= 0.3 is 11.9 Å². The lowest BCUT2D eigenvalue weighted by Crippen LogP contribution is -2.60. The van der Waals surface area contributed by atoms with Crippen LogP contribution in [0.5, 0.6) is 0 Å². The van der Waals surface area contributed by atoms with Crippen LogP contribution in [0.2, 0.25) is 0 Å². The molecule has 0 fully saturated rings. The minimum atomic E-state index is -2.22. The van der Waals surface area contributed by atoms with Gasteiger partial charge in [-0.3, -0.25) is 4.79 Å². The topological polar surface area (TPSA) is 104 Å². The van der Waals surface area contributed by atoms with Gasteiger partial charge in [0.1, 0.15) is 0 Å². The first-order chi connectivity index (χ1) is 8.76. The molecule has 0 bridgehead atoms. The van der Waals surface area contributed by atoms with Gasteiger partial charge in [-0.15, -0.1) is 0 Å². The first kappa shape index (κ1) is 17.4. The second-order valence-corrected chi connectivity index (χ2v) is 5.00. The van der Waals surface area contributed by atoms with E-state index >= 15 is 0 Å². The highest BCUT2D eigenvalue weighted by molar-refractivity contribution is 6.06. The summed E-state index contributed by atoms with van der Waals surface area (Å²) in [7, 11) is 0. The monoisotopic (exact) mass is 273 g/mol. The summed E-state index contributed by atoms with van der Waals surface area (Å²) in [6.45, 7) is 4.97. The van der Waals surface area contributed by atoms with Crippen molar-refractivity contribution in [2.45, 2.75) is 58.4 Å². The molecule has 1 amide bonds. The fraction of sp³-hybridized carbons (Fsp3) is 0.769. The molecule has 0 aromatic carbocycles. The van der Waals surface area contributed by atoms with E-state index in [1.807, 2.05) is 0 Å². The van der Waals surface area contributed by atoms with Crippen molar-refractivity contribution in [2.75, 3.05) is 0 Å². The van der Waals surface area contributed by atoms with Crippen molar-refractivity contribution in [1.82, 2.24) is 5.32 Å². The normalized spacial score (nSPS) is 12.8. The Kier molecular flexibility index (Phi) is 7.11. The van der Waals surface area contributed by atoms with E-state index < -0.39 is 23.4 Å². The zero-order chi connectivity index (χ0) is 15.1. The Hall–Kier alpha value is -1.59. The predicted octanol–water partition coefficient (Wildman–Crippen LogP) is 1.64. The van der Waals surface area contributed by atoms with E-state index in [9.17, 15) is 14.4 Å². The SMILES string of the molecule is CCCCCC(C)CC(NC(C)=O)(C(=O)O)C(=O)O. The quantitative estimate of drug-likeness (QED) is 0.437.